The highest BCUT2D eigenvalue weighted by Crippen LogP contribution is 2.61. The highest BCUT2D eigenvalue weighted by molar-refractivity contribution is 7.75. The molecule has 0 nitrogen and oxygen atoms in total. The van der Waals surface area contributed by atoms with Crippen molar-refractivity contribution in [2.24, 2.45) is 0 Å². The van der Waals surface area contributed by atoms with E-state index in [9.17, 15) is 0 Å². The summed E-state index contributed by atoms with van der Waals surface area (Å²) in [6.07, 6.45) is 27.0. The number of rotatable bonds is 18. The Morgan fingerprint density at radius 3 is 1.04 bits per heavy atom. The minimum Gasteiger partial charge on any atom is -0.0654 e. The fourth-order valence-corrected chi connectivity index (χ4v) is 8.92. The van der Waals surface area contributed by atoms with Crippen LogP contribution in [0.2, 0.25) is 0 Å². The average Bonchev–Trinajstić information content (AvgIpc) is 2.56. The molecule has 0 rings (SSSR count). The minimum absolute atomic E-state index is 0.625. The van der Waals surface area contributed by atoms with Crippen LogP contribution >= 0.6 is 7.26 Å². The normalized spacial score (nSPS) is 12.0. The molecule has 0 spiro atoms. The Balaban J connectivity index is 4.39. The van der Waals surface area contributed by atoms with E-state index in [1.165, 1.54) is 89.9 Å². The lowest BCUT2D eigenvalue weighted by molar-refractivity contribution is 0.653. The number of hydrogen-bond donors (Lipinski definition) is 0. The van der Waals surface area contributed by atoms with Crippen molar-refractivity contribution in [3.05, 3.63) is 0 Å². The van der Waals surface area contributed by atoms with Gasteiger partial charge in [-0.05, 0) is 44.9 Å². The summed E-state index contributed by atoms with van der Waals surface area (Å²) in [5.41, 5.74) is 0. The fourth-order valence-electron chi connectivity index (χ4n) is 3.94. The van der Waals surface area contributed by atoms with E-state index >= 15 is 0 Å². The highest BCUT2D eigenvalue weighted by atomic mass is 31.2. The van der Waals surface area contributed by atoms with Gasteiger partial charge in [0.25, 0.3) is 0 Å². The smallest absolute Gasteiger partial charge is 0.0594 e. The molecule has 0 unspecified atom stereocenters. The fraction of sp³-hybridized carbons (Fsp3) is 1.00. The van der Waals surface area contributed by atoms with Gasteiger partial charge in [0.1, 0.15) is 0 Å². The maximum Gasteiger partial charge on any atom is 0.0594 e. The Hall–Kier alpha value is 0.430. The molecule has 0 heterocycles. The third-order valence-corrected chi connectivity index (χ3v) is 10.6. The van der Waals surface area contributed by atoms with Gasteiger partial charge in [0.2, 0.25) is 0 Å². The first kappa shape index (κ1) is 23.4. The molecule has 0 aromatic carbocycles. The Morgan fingerprint density at radius 1 is 0.348 bits per heavy atom. The Labute approximate surface area is 149 Å². The lowest BCUT2D eigenvalue weighted by Gasteiger charge is -2.28. The average molecular weight is 344 g/mol. The predicted octanol–water partition coefficient (Wildman–Crippen LogP) is 8.55. The third kappa shape index (κ3) is 13.4. The van der Waals surface area contributed by atoms with E-state index in [-0.39, 0.29) is 0 Å². The SMILES string of the molecule is CCCCCCC[P+](CCC)(CCCCCC)CCCCCC. The second-order valence-corrected chi connectivity index (χ2v) is 12.2. The molecule has 0 radical (unpaired) electrons. The number of hydrogen-bond acceptors (Lipinski definition) is 0. The van der Waals surface area contributed by atoms with Crippen LogP contribution in [-0.2, 0) is 0 Å². The van der Waals surface area contributed by atoms with E-state index in [0.717, 1.165) is 0 Å². The van der Waals surface area contributed by atoms with Gasteiger partial charge in [-0.2, -0.15) is 0 Å². The second-order valence-electron chi connectivity index (χ2n) is 7.77. The summed E-state index contributed by atoms with van der Waals surface area (Å²) >= 11 is 0. The van der Waals surface area contributed by atoms with Crippen molar-refractivity contribution in [1.82, 2.24) is 0 Å². The standard InChI is InChI=1S/C22H48P/c1-5-9-12-15-18-22-23(19-8-4,20-16-13-10-6-2)21-17-14-11-7-3/h5-22H2,1-4H3/q+1. The van der Waals surface area contributed by atoms with Crippen LogP contribution in [0.1, 0.15) is 118 Å². The van der Waals surface area contributed by atoms with Crippen molar-refractivity contribution >= 4 is 7.26 Å². The predicted molar refractivity (Wildman–Crippen MR) is 114 cm³/mol. The molecule has 0 N–H and O–H groups in total. The summed E-state index contributed by atoms with van der Waals surface area (Å²) in [5, 5.41) is 0. The van der Waals surface area contributed by atoms with Gasteiger partial charge in [-0.1, -0.05) is 72.6 Å². The molecule has 0 saturated heterocycles. The summed E-state index contributed by atoms with van der Waals surface area (Å²) in [5.74, 6) is 0. The van der Waals surface area contributed by atoms with Crippen LogP contribution in [0.5, 0.6) is 0 Å². The molecule has 140 valence electrons. The molecule has 0 saturated carbocycles. The van der Waals surface area contributed by atoms with Gasteiger partial charge in [0, 0.05) is 7.26 Å². The highest BCUT2D eigenvalue weighted by Gasteiger charge is 2.34. The summed E-state index contributed by atoms with van der Waals surface area (Å²) in [6, 6.07) is 0. The lowest BCUT2D eigenvalue weighted by Crippen LogP contribution is -2.12. The largest absolute Gasteiger partial charge is 0.0654 e. The van der Waals surface area contributed by atoms with Gasteiger partial charge in [0.15, 0.2) is 0 Å². The first-order valence-electron chi connectivity index (χ1n) is 11.1. The molecule has 0 fully saturated rings. The summed E-state index contributed by atoms with van der Waals surface area (Å²) < 4.78 is 0. The van der Waals surface area contributed by atoms with Crippen molar-refractivity contribution in [3.63, 3.8) is 0 Å². The van der Waals surface area contributed by atoms with E-state index in [1.807, 2.05) is 0 Å². The first-order valence-corrected chi connectivity index (χ1v) is 13.6. The van der Waals surface area contributed by atoms with Crippen LogP contribution in [0.3, 0.4) is 0 Å². The molecule has 0 aliphatic carbocycles. The van der Waals surface area contributed by atoms with Crippen LogP contribution in [0.4, 0.5) is 0 Å². The molecule has 0 aromatic rings. The summed E-state index contributed by atoms with van der Waals surface area (Å²) in [4.78, 5) is 0. The van der Waals surface area contributed by atoms with Crippen LogP contribution < -0.4 is 0 Å². The Bertz CT molecular complexity index is 212. The third-order valence-electron chi connectivity index (χ3n) is 5.41. The zero-order valence-electron chi connectivity index (χ0n) is 17.2. The first-order chi connectivity index (χ1) is 11.2. The Morgan fingerprint density at radius 2 is 0.696 bits per heavy atom. The van der Waals surface area contributed by atoms with Crippen LogP contribution in [-0.4, -0.2) is 24.6 Å². The van der Waals surface area contributed by atoms with Crippen molar-refractivity contribution in [2.75, 3.05) is 24.6 Å². The lowest BCUT2D eigenvalue weighted by atomic mass is 10.2. The van der Waals surface area contributed by atoms with Crippen molar-refractivity contribution in [1.29, 1.82) is 0 Å². The van der Waals surface area contributed by atoms with Gasteiger partial charge in [-0.25, -0.2) is 0 Å². The van der Waals surface area contributed by atoms with E-state index < -0.39 is 7.26 Å². The maximum atomic E-state index is 2.43. The molecular weight excluding hydrogens is 295 g/mol. The van der Waals surface area contributed by atoms with Crippen molar-refractivity contribution < 1.29 is 0 Å². The molecular formula is C22H48P+. The Kier molecular flexibility index (Phi) is 17.6. The zero-order chi connectivity index (χ0) is 17.2. The van der Waals surface area contributed by atoms with E-state index in [1.54, 1.807) is 24.6 Å². The molecule has 0 atom stereocenters. The van der Waals surface area contributed by atoms with Crippen molar-refractivity contribution in [2.45, 2.75) is 118 Å². The van der Waals surface area contributed by atoms with Gasteiger partial charge in [0.05, 0.1) is 24.6 Å². The van der Waals surface area contributed by atoms with Gasteiger partial charge >= 0.3 is 0 Å². The molecule has 0 amide bonds. The molecule has 0 aliphatic heterocycles. The van der Waals surface area contributed by atoms with Gasteiger partial charge in [-0.3, -0.25) is 0 Å². The topological polar surface area (TPSA) is 0 Å². The summed E-state index contributed by atoms with van der Waals surface area (Å²) in [7, 11) is -0.625. The summed E-state index contributed by atoms with van der Waals surface area (Å²) in [6.45, 7) is 9.44. The second kappa shape index (κ2) is 17.3. The molecule has 0 bridgehead atoms. The van der Waals surface area contributed by atoms with Gasteiger partial charge in [-0.15, -0.1) is 0 Å². The monoisotopic (exact) mass is 343 g/mol. The van der Waals surface area contributed by atoms with E-state index in [2.05, 4.69) is 27.7 Å². The van der Waals surface area contributed by atoms with Crippen LogP contribution in [0, 0.1) is 0 Å². The maximum absolute atomic E-state index is 2.43. The van der Waals surface area contributed by atoms with Crippen LogP contribution in [0.15, 0.2) is 0 Å². The number of unbranched alkanes of at least 4 members (excludes halogenated alkanes) is 10. The quantitative estimate of drug-likeness (QED) is 0.173. The molecule has 1 heteroatoms. The molecule has 0 aliphatic rings. The molecule has 0 aromatic heterocycles. The van der Waals surface area contributed by atoms with Crippen LogP contribution in [0.25, 0.3) is 0 Å². The zero-order valence-corrected chi connectivity index (χ0v) is 18.1. The minimum atomic E-state index is -0.625. The van der Waals surface area contributed by atoms with E-state index in [0.29, 0.717) is 0 Å². The van der Waals surface area contributed by atoms with E-state index in [4.69, 9.17) is 0 Å². The van der Waals surface area contributed by atoms with Crippen molar-refractivity contribution in [3.8, 4) is 0 Å². The van der Waals surface area contributed by atoms with Gasteiger partial charge < -0.3 is 0 Å². The molecule has 23 heavy (non-hydrogen) atoms.